The highest BCUT2D eigenvalue weighted by Crippen LogP contribution is 2.49. The summed E-state index contributed by atoms with van der Waals surface area (Å²) in [6, 6.07) is 7.79. The second-order valence-electron chi connectivity index (χ2n) is 6.49. The molecular weight excluding hydrogens is 306 g/mol. The van der Waals surface area contributed by atoms with E-state index in [2.05, 4.69) is 10.3 Å². The van der Waals surface area contributed by atoms with Crippen LogP contribution in [0.5, 0.6) is 5.75 Å². The summed E-state index contributed by atoms with van der Waals surface area (Å²) < 4.78 is 6.91. The first-order chi connectivity index (χ1) is 11.6. The summed E-state index contributed by atoms with van der Waals surface area (Å²) in [7, 11) is 1.60. The number of carbonyl (C=O) groups excluding carboxylic acids is 1. The minimum atomic E-state index is -0.580. The Kier molecular flexibility index (Phi) is 3.40. The molecule has 2 aliphatic carbocycles. The van der Waals surface area contributed by atoms with Gasteiger partial charge in [0.05, 0.1) is 12.5 Å². The minimum Gasteiger partial charge on any atom is -0.497 e. The molecule has 4 rings (SSSR count). The molecule has 0 unspecified atom stereocenters. The van der Waals surface area contributed by atoms with Crippen molar-refractivity contribution in [2.45, 2.75) is 37.1 Å². The number of hydrogen-bond acceptors (Lipinski definition) is 4. The third-order valence-corrected chi connectivity index (χ3v) is 4.85. The maximum atomic E-state index is 12.8. The SMILES string of the molecule is COc1cccc(C2(C(=O)Nc3nccn(C4CC4)c3=O)CC2)c1. The van der Waals surface area contributed by atoms with Gasteiger partial charge in [-0.15, -0.1) is 0 Å². The van der Waals surface area contributed by atoms with E-state index in [0.717, 1.165) is 37.0 Å². The number of rotatable bonds is 5. The van der Waals surface area contributed by atoms with Crippen LogP contribution >= 0.6 is 0 Å². The van der Waals surface area contributed by atoms with Crippen LogP contribution in [0.2, 0.25) is 0 Å². The van der Waals surface area contributed by atoms with Gasteiger partial charge in [-0.25, -0.2) is 4.98 Å². The number of ether oxygens (including phenoxy) is 1. The lowest BCUT2D eigenvalue weighted by molar-refractivity contribution is -0.118. The second-order valence-corrected chi connectivity index (χ2v) is 6.49. The van der Waals surface area contributed by atoms with Crippen molar-refractivity contribution in [3.05, 3.63) is 52.6 Å². The lowest BCUT2D eigenvalue weighted by Crippen LogP contribution is -2.32. The second kappa shape index (κ2) is 5.47. The van der Waals surface area contributed by atoms with Gasteiger partial charge in [-0.05, 0) is 43.4 Å². The number of hydrogen-bond donors (Lipinski definition) is 1. The van der Waals surface area contributed by atoms with Crippen LogP contribution in [0.4, 0.5) is 5.82 Å². The minimum absolute atomic E-state index is 0.114. The van der Waals surface area contributed by atoms with Gasteiger partial charge in [0.15, 0.2) is 5.82 Å². The Labute approximate surface area is 139 Å². The zero-order valence-corrected chi connectivity index (χ0v) is 13.5. The average Bonchev–Trinajstić information content (AvgIpc) is 3.49. The first kappa shape index (κ1) is 14.9. The van der Waals surface area contributed by atoms with Crippen molar-refractivity contribution >= 4 is 11.7 Å². The van der Waals surface area contributed by atoms with Crippen LogP contribution in [0.3, 0.4) is 0 Å². The predicted molar refractivity (Wildman–Crippen MR) is 89.3 cm³/mol. The summed E-state index contributed by atoms with van der Waals surface area (Å²) in [5.74, 6) is 0.665. The van der Waals surface area contributed by atoms with Crippen LogP contribution < -0.4 is 15.6 Å². The molecule has 0 aliphatic heterocycles. The van der Waals surface area contributed by atoms with Crippen molar-refractivity contribution in [1.29, 1.82) is 0 Å². The lowest BCUT2D eigenvalue weighted by Gasteiger charge is -2.16. The molecule has 24 heavy (non-hydrogen) atoms. The highest BCUT2D eigenvalue weighted by Gasteiger charge is 2.51. The van der Waals surface area contributed by atoms with Gasteiger partial charge in [-0.1, -0.05) is 12.1 Å². The van der Waals surface area contributed by atoms with Crippen molar-refractivity contribution in [3.63, 3.8) is 0 Å². The first-order valence-electron chi connectivity index (χ1n) is 8.17. The van der Waals surface area contributed by atoms with E-state index in [1.807, 2.05) is 24.3 Å². The fourth-order valence-electron chi connectivity index (χ4n) is 3.07. The molecule has 6 nitrogen and oxygen atoms in total. The Morgan fingerprint density at radius 2 is 2.17 bits per heavy atom. The van der Waals surface area contributed by atoms with Gasteiger partial charge in [0.1, 0.15) is 5.75 Å². The Hall–Kier alpha value is -2.63. The van der Waals surface area contributed by atoms with E-state index >= 15 is 0 Å². The van der Waals surface area contributed by atoms with Crippen molar-refractivity contribution < 1.29 is 9.53 Å². The van der Waals surface area contributed by atoms with E-state index in [9.17, 15) is 9.59 Å². The van der Waals surface area contributed by atoms with E-state index in [1.54, 1.807) is 24.1 Å². The first-order valence-corrected chi connectivity index (χ1v) is 8.17. The third kappa shape index (κ3) is 2.48. The highest BCUT2D eigenvalue weighted by molar-refractivity contribution is 6.00. The van der Waals surface area contributed by atoms with E-state index in [4.69, 9.17) is 4.74 Å². The molecule has 124 valence electrons. The van der Waals surface area contributed by atoms with E-state index in [-0.39, 0.29) is 23.3 Å². The van der Waals surface area contributed by atoms with Crippen LogP contribution in [0.15, 0.2) is 41.5 Å². The van der Waals surface area contributed by atoms with E-state index in [0.29, 0.717) is 0 Å². The summed E-state index contributed by atoms with van der Waals surface area (Å²) in [5, 5.41) is 2.75. The average molecular weight is 325 g/mol. The maximum Gasteiger partial charge on any atom is 0.293 e. The van der Waals surface area contributed by atoms with Crippen molar-refractivity contribution in [3.8, 4) is 5.75 Å². The fourth-order valence-corrected chi connectivity index (χ4v) is 3.07. The predicted octanol–water partition coefficient (Wildman–Crippen LogP) is 2.26. The van der Waals surface area contributed by atoms with Gasteiger partial charge in [-0.3, -0.25) is 9.59 Å². The van der Waals surface area contributed by atoms with Gasteiger partial charge in [0.25, 0.3) is 5.56 Å². The number of amides is 1. The Balaban J connectivity index is 1.60. The molecule has 2 fully saturated rings. The number of aromatic nitrogens is 2. The molecule has 1 amide bonds. The largest absolute Gasteiger partial charge is 0.497 e. The lowest BCUT2D eigenvalue weighted by atomic mass is 9.95. The molecule has 6 heteroatoms. The normalized spacial score (nSPS) is 18.0. The van der Waals surface area contributed by atoms with Crippen LogP contribution in [0, 0.1) is 0 Å². The Morgan fingerprint density at radius 3 is 2.83 bits per heavy atom. The van der Waals surface area contributed by atoms with Crippen molar-refractivity contribution in [2.75, 3.05) is 12.4 Å². The van der Waals surface area contributed by atoms with Gasteiger partial charge in [0, 0.05) is 18.4 Å². The summed E-state index contributed by atoms with van der Waals surface area (Å²) >= 11 is 0. The maximum absolute atomic E-state index is 12.8. The summed E-state index contributed by atoms with van der Waals surface area (Å²) in [5.41, 5.74) is 0.107. The van der Waals surface area contributed by atoms with Gasteiger partial charge < -0.3 is 14.6 Å². The molecule has 0 bridgehead atoms. The number of benzene rings is 1. The van der Waals surface area contributed by atoms with E-state index in [1.165, 1.54) is 0 Å². The van der Waals surface area contributed by atoms with E-state index < -0.39 is 5.41 Å². The molecule has 2 aromatic rings. The van der Waals surface area contributed by atoms with Gasteiger partial charge in [0.2, 0.25) is 5.91 Å². The fraction of sp³-hybridized carbons (Fsp3) is 0.389. The molecule has 0 radical (unpaired) electrons. The standard InChI is InChI=1S/C18H19N3O3/c1-24-14-4-2-3-12(11-14)18(7-8-18)17(23)20-15-16(22)21(10-9-19-15)13-5-6-13/h2-4,9-11,13H,5-8H2,1H3,(H,19,20,23). The molecule has 2 aliphatic rings. The molecule has 1 aromatic carbocycles. The van der Waals surface area contributed by atoms with Gasteiger partial charge in [-0.2, -0.15) is 0 Å². The zero-order valence-electron chi connectivity index (χ0n) is 13.5. The Bertz CT molecular complexity index is 851. The van der Waals surface area contributed by atoms with Crippen LogP contribution in [0.1, 0.15) is 37.3 Å². The molecule has 1 N–H and O–H groups in total. The van der Waals surface area contributed by atoms with Crippen molar-refractivity contribution in [2.24, 2.45) is 0 Å². The molecule has 2 saturated carbocycles. The quantitative estimate of drug-likeness (QED) is 0.915. The third-order valence-electron chi connectivity index (χ3n) is 4.85. The molecular formula is C18H19N3O3. The molecule has 0 saturated heterocycles. The topological polar surface area (TPSA) is 73.2 Å². The smallest absolute Gasteiger partial charge is 0.293 e. The highest BCUT2D eigenvalue weighted by atomic mass is 16.5. The van der Waals surface area contributed by atoms with Crippen LogP contribution in [0.25, 0.3) is 0 Å². The number of nitrogens with zero attached hydrogens (tertiary/aromatic N) is 2. The van der Waals surface area contributed by atoms with Gasteiger partial charge >= 0.3 is 0 Å². The van der Waals surface area contributed by atoms with Crippen LogP contribution in [-0.4, -0.2) is 22.6 Å². The zero-order chi connectivity index (χ0) is 16.7. The summed E-state index contributed by atoms with van der Waals surface area (Å²) in [4.78, 5) is 29.3. The Morgan fingerprint density at radius 1 is 1.38 bits per heavy atom. The molecule has 0 atom stereocenters. The number of methoxy groups -OCH3 is 1. The van der Waals surface area contributed by atoms with Crippen molar-refractivity contribution in [1.82, 2.24) is 9.55 Å². The monoisotopic (exact) mass is 325 g/mol. The molecule has 1 heterocycles. The number of nitrogens with one attached hydrogen (secondary N) is 1. The molecule has 1 aromatic heterocycles. The van der Waals surface area contributed by atoms with Crippen LogP contribution in [-0.2, 0) is 10.2 Å². The number of carbonyl (C=O) groups is 1. The summed E-state index contributed by atoms with van der Waals surface area (Å²) in [6.45, 7) is 0. The molecule has 0 spiro atoms. The number of anilines is 1. The summed E-state index contributed by atoms with van der Waals surface area (Å²) in [6.07, 6.45) is 6.78.